The van der Waals surface area contributed by atoms with Crippen molar-refractivity contribution < 1.29 is 33.1 Å². The number of ether oxygens (including phenoxy) is 3. The summed E-state index contributed by atoms with van der Waals surface area (Å²) in [6.07, 6.45) is 1.43. The topological polar surface area (TPSA) is 118 Å². The number of carbonyl (C=O) groups excluding carboxylic acids is 2. The predicted molar refractivity (Wildman–Crippen MR) is 125 cm³/mol. The molecule has 2 heterocycles. The zero-order valence-corrected chi connectivity index (χ0v) is 18.6. The average molecular weight is 471 g/mol. The molecule has 0 amide bonds. The number of aryl methyl sites for hydroxylation is 1. The van der Waals surface area contributed by atoms with Crippen LogP contribution in [0, 0.1) is 17.0 Å². The Kier molecular flexibility index (Phi) is 5.29. The Morgan fingerprint density at radius 3 is 2.66 bits per heavy atom. The Labute approximate surface area is 198 Å². The first kappa shape index (κ1) is 21.9. The van der Waals surface area contributed by atoms with Crippen LogP contribution in [0.15, 0.2) is 70.8 Å². The van der Waals surface area contributed by atoms with Crippen LogP contribution < -0.4 is 14.2 Å². The molecule has 35 heavy (non-hydrogen) atoms. The van der Waals surface area contributed by atoms with Gasteiger partial charge in [-0.25, -0.2) is 4.79 Å². The first-order valence-corrected chi connectivity index (χ1v) is 10.5. The minimum Gasteiger partial charge on any atom is -0.493 e. The van der Waals surface area contributed by atoms with Gasteiger partial charge in [-0.15, -0.1) is 0 Å². The van der Waals surface area contributed by atoms with Crippen LogP contribution in [0.5, 0.6) is 17.2 Å². The number of ketones is 1. The van der Waals surface area contributed by atoms with E-state index in [4.69, 9.17) is 18.6 Å². The molecule has 0 spiro atoms. The highest BCUT2D eigenvalue weighted by atomic mass is 16.6. The summed E-state index contributed by atoms with van der Waals surface area (Å²) in [5, 5.41) is 11.7. The highest BCUT2D eigenvalue weighted by molar-refractivity contribution is 6.15. The molecule has 0 bridgehead atoms. The molecule has 0 radical (unpaired) electrons. The van der Waals surface area contributed by atoms with E-state index in [-0.39, 0.29) is 34.5 Å². The van der Waals surface area contributed by atoms with E-state index in [0.717, 1.165) is 0 Å². The maximum Gasteiger partial charge on any atom is 0.379 e. The number of nitro benzene ring substituents is 1. The molecule has 5 rings (SSSR count). The number of non-ortho nitro benzene ring substituents is 1. The van der Waals surface area contributed by atoms with Crippen LogP contribution in [-0.2, 0) is 0 Å². The van der Waals surface area contributed by atoms with E-state index in [9.17, 15) is 19.7 Å². The van der Waals surface area contributed by atoms with Crippen LogP contribution in [0.3, 0.4) is 0 Å². The van der Waals surface area contributed by atoms with E-state index < -0.39 is 10.9 Å². The number of para-hydroxylation sites is 1. The van der Waals surface area contributed by atoms with E-state index in [1.54, 1.807) is 43.3 Å². The molecular weight excluding hydrogens is 454 g/mol. The third kappa shape index (κ3) is 3.99. The van der Waals surface area contributed by atoms with Gasteiger partial charge in [-0.1, -0.05) is 24.3 Å². The van der Waals surface area contributed by atoms with E-state index >= 15 is 0 Å². The lowest BCUT2D eigenvalue weighted by Gasteiger charge is -2.06. The smallest absolute Gasteiger partial charge is 0.379 e. The third-order valence-corrected chi connectivity index (χ3v) is 5.46. The molecule has 9 heteroatoms. The lowest BCUT2D eigenvalue weighted by Crippen LogP contribution is -2.07. The van der Waals surface area contributed by atoms with Crippen molar-refractivity contribution in [2.75, 3.05) is 7.11 Å². The number of allylic oxidation sites excluding steroid dienone is 1. The van der Waals surface area contributed by atoms with Gasteiger partial charge in [0.2, 0.25) is 11.5 Å². The highest BCUT2D eigenvalue weighted by Crippen LogP contribution is 2.38. The lowest BCUT2D eigenvalue weighted by molar-refractivity contribution is -0.384. The van der Waals surface area contributed by atoms with E-state index in [0.29, 0.717) is 33.4 Å². The van der Waals surface area contributed by atoms with Gasteiger partial charge in [0.25, 0.3) is 5.69 Å². The SMILES string of the molecule is COc1cccc2cc(C(=O)Oc3cc(C)c4c(c3)O/C(=C\c3cccc([N+](=O)[O-])c3)C4=O)oc12. The first-order chi connectivity index (χ1) is 16.8. The van der Waals surface area contributed by atoms with Crippen molar-refractivity contribution in [1.82, 2.24) is 0 Å². The minimum atomic E-state index is -0.723. The zero-order chi connectivity index (χ0) is 24.7. The van der Waals surface area contributed by atoms with Gasteiger partial charge in [0.05, 0.1) is 17.6 Å². The van der Waals surface area contributed by atoms with Crippen LogP contribution in [-0.4, -0.2) is 23.8 Å². The molecule has 0 atom stereocenters. The molecule has 0 saturated carbocycles. The number of nitro groups is 1. The largest absolute Gasteiger partial charge is 0.493 e. The summed E-state index contributed by atoms with van der Waals surface area (Å²) < 4.78 is 22.1. The fourth-order valence-electron chi connectivity index (χ4n) is 3.87. The van der Waals surface area contributed by atoms with Gasteiger partial charge in [0, 0.05) is 23.6 Å². The zero-order valence-electron chi connectivity index (χ0n) is 18.6. The number of benzene rings is 3. The lowest BCUT2D eigenvalue weighted by atomic mass is 10.0. The van der Waals surface area contributed by atoms with Crippen LogP contribution in [0.1, 0.15) is 32.0 Å². The maximum atomic E-state index is 12.9. The van der Waals surface area contributed by atoms with Crippen LogP contribution in [0.4, 0.5) is 5.69 Å². The van der Waals surface area contributed by atoms with Gasteiger partial charge in [-0.2, -0.15) is 0 Å². The summed E-state index contributed by atoms with van der Waals surface area (Å²) in [5.41, 5.74) is 1.65. The van der Waals surface area contributed by atoms with Crippen LogP contribution in [0.25, 0.3) is 17.0 Å². The summed E-state index contributed by atoms with van der Waals surface area (Å²) in [4.78, 5) is 36.1. The van der Waals surface area contributed by atoms with Crippen molar-refractivity contribution in [2.45, 2.75) is 6.92 Å². The molecule has 1 aliphatic heterocycles. The molecule has 0 fully saturated rings. The number of esters is 1. The normalized spacial score (nSPS) is 13.5. The first-order valence-electron chi connectivity index (χ1n) is 10.5. The number of fused-ring (bicyclic) bond motifs is 2. The van der Waals surface area contributed by atoms with Crippen molar-refractivity contribution in [3.63, 3.8) is 0 Å². The summed E-state index contributed by atoms with van der Waals surface area (Å²) in [5.74, 6) is -0.207. The summed E-state index contributed by atoms with van der Waals surface area (Å²) in [6, 6.07) is 15.7. The standard InChI is InChI=1S/C26H17NO8/c1-14-9-18(33-26(29)22-12-16-6-4-8-19(32-2)25(16)35-22)13-20-23(14)24(28)21(34-20)11-15-5-3-7-17(10-15)27(30)31/h3-13H,1-2H3/b21-11-. The second kappa shape index (κ2) is 8.45. The molecule has 0 unspecified atom stereocenters. The Balaban J connectivity index is 1.41. The molecule has 1 aromatic heterocycles. The Morgan fingerprint density at radius 2 is 1.89 bits per heavy atom. The van der Waals surface area contributed by atoms with Crippen molar-refractivity contribution >= 4 is 34.5 Å². The van der Waals surface area contributed by atoms with E-state index in [1.807, 2.05) is 0 Å². The highest BCUT2D eigenvalue weighted by Gasteiger charge is 2.30. The van der Waals surface area contributed by atoms with Gasteiger partial charge in [0.1, 0.15) is 11.5 Å². The summed E-state index contributed by atoms with van der Waals surface area (Å²) >= 11 is 0. The Morgan fingerprint density at radius 1 is 1.09 bits per heavy atom. The van der Waals surface area contributed by atoms with E-state index in [1.165, 1.54) is 37.5 Å². The predicted octanol–water partition coefficient (Wildman–Crippen LogP) is 5.49. The van der Waals surface area contributed by atoms with Crippen LogP contribution >= 0.6 is 0 Å². The summed E-state index contributed by atoms with van der Waals surface area (Å²) in [6.45, 7) is 1.69. The fourth-order valence-corrected chi connectivity index (χ4v) is 3.87. The Hall–Kier alpha value is -4.92. The third-order valence-electron chi connectivity index (χ3n) is 5.46. The number of carbonyl (C=O) groups is 2. The monoisotopic (exact) mass is 471 g/mol. The molecule has 0 saturated heterocycles. The number of hydrogen-bond donors (Lipinski definition) is 0. The number of Topliss-reactive ketones (excluding diaryl/α,β-unsaturated/α-hetero) is 1. The van der Waals surface area contributed by atoms with Crippen molar-refractivity contribution in [3.05, 3.63) is 99.0 Å². The fraction of sp³-hybridized carbons (Fsp3) is 0.0769. The van der Waals surface area contributed by atoms with Crippen molar-refractivity contribution in [1.29, 1.82) is 0 Å². The molecule has 4 aromatic rings. The van der Waals surface area contributed by atoms with Crippen molar-refractivity contribution in [2.24, 2.45) is 0 Å². The van der Waals surface area contributed by atoms with Crippen LogP contribution in [0.2, 0.25) is 0 Å². The number of methoxy groups -OCH3 is 1. The molecular formula is C26H17NO8. The van der Waals surface area contributed by atoms with Gasteiger partial charge in [0.15, 0.2) is 17.1 Å². The molecule has 0 N–H and O–H groups in total. The van der Waals surface area contributed by atoms with E-state index in [2.05, 4.69) is 0 Å². The molecule has 3 aromatic carbocycles. The van der Waals surface area contributed by atoms with Gasteiger partial charge < -0.3 is 18.6 Å². The maximum absolute atomic E-state index is 12.9. The molecule has 1 aliphatic rings. The number of nitrogens with zero attached hydrogens (tertiary/aromatic N) is 1. The van der Waals surface area contributed by atoms with Gasteiger partial charge >= 0.3 is 5.97 Å². The number of furan rings is 1. The summed E-state index contributed by atoms with van der Waals surface area (Å²) in [7, 11) is 1.51. The Bertz CT molecular complexity index is 1560. The second-order valence-electron chi connectivity index (χ2n) is 7.78. The number of rotatable bonds is 5. The number of hydrogen-bond acceptors (Lipinski definition) is 8. The van der Waals surface area contributed by atoms with Crippen molar-refractivity contribution in [3.8, 4) is 17.2 Å². The minimum absolute atomic E-state index is 0.00842. The molecule has 0 aliphatic carbocycles. The quantitative estimate of drug-likeness (QED) is 0.123. The van der Waals surface area contributed by atoms with Gasteiger partial charge in [-0.3, -0.25) is 14.9 Å². The second-order valence-corrected chi connectivity index (χ2v) is 7.78. The van der Waals surface area contributed by atoms with Gasteiger partial charge in [-0.05, 0) is 42.3 Å². The average Bonchev–Trinajstić information content (AvgIpc) is 3.40. The molecule has 9 nitrogen and oxygen atoms in total. The molecule has 174 valence electrons.